The number of esters is 1. The molecule has 0 fully saturated rings. The van der Waals surface area contributed by atoms with Crippen molar-refractivity contribution in [3.63, 3.8) is 0 Å². The smallest absolute Gasteiger partial charge is 0.340 e. The van der Waals surface area contributed by atoms with Gasteiger partial charge in [-0.1, -0.05) is 42.5 Å². The zero-order chi connectivity index (χ0) is 17.4. The Morgan fingerprint density at radius 2 is 1.67 bits per heavy atom. The number of Topliss-reactive ketones (excluding diaryl/α,β-unsaturated/α-hetero) is 1. The van der Waals surface area contributed by atoms with Crippen molar-refractivity contribution in [1.82, 2.24) is 0 Å². The number of fused-ring (bicyclic) bond motifs is 1. The Balaban J connectivity index is 2.03. The predicted octanol–water partition coefficient (Wildman–Crippen LogP) is 3.62. The standard InChI is InChI=1S/C20H21NO3/c1-19(2,3)24-18(23)20(21-15-10-5-4-6-11-15)13-14-9-7-8-12-16(14)17(20)22/h4-12,21H,13H2,1-3H3/t20-/m0/s1. The van der Waals surface area contributed by atoms with Gasteiger partial charge in [0.1, 0.15) is 5.60 Å². The first kappa shape index (κ1) is 16.2. The van der Waals surface area contributed by atoms with E-state index in [1.807, 2.05) is 48.5 Å². The molecule has 0 aromatic heterocycles. The maximum atomic E-state index is 13.1. The molecule has 0 unspecified atom stereocenters. The Bertz CT molecular complexity index is 777. The Morgan fingerprint density at radius 1 is 1.04 bits per heavy atom. The van der Waals surface area contributed by atoms with E-state index in [0.29, 0.717) is 11.3 Å². The maximum absolute atomic E-state index is 13.1. The highest BCUT2D eigenvalue weighted by atomic mass is 16.6. The molecule has 1 aliphatic rings. The number of carbonyl (C=O) groups is 2. The van der Waals surface area contributed by atoms with Crippen molar-refractivity contribution in [2.24, 2.45) is 0 Å². The molecule has 0 aliphatic heterocycles. The molecule has 4 heteroatoms. The third kappa shape index (κ3) is 2.92. The van der Waals surface area contributed by atoms with Crippen LogP contribution in [0.25, 0.3) is 0 Å². The molecule has 2 aromatic rings. The van der Waals surface area contributed by atoms with Crippen LogP contribution in [0.4, 0.5) is 5.69 Å². The molecule has 24 heavy (non-hydrogen) atoms. The number of ether oxygens (including phenoxy) is 1. The van der Waals surface area contributed by atoms with Crippen LogP contribution in [0.2, 0.25) is 0 Å². The molecule has 0 spiro atoms. The normalized spacial score (nSPS) is 19.7. The number of ketones is 1. The first-order chi connectivity index (χ1) is 11.3. The SMILES string of the molecule is CC(C)(C)OC(=O)[C@]1(Nc2ccccc2)Cc2ccccc2C1=O. The number of benzene rings is 2. The number of rotatable bonds is 3. The molecule has 2 aromatic carbocycles. The summed E-state index contributed by atoms with van der Waals surface area (Å²) in [6.45, 7) is 5.40. The molecule has 3 rings (SSSR count). The van der Waals surface area contributed by atoms with Crippen molar-refractivity contribution in [3.8, 4) is 0 Å². The Kier molecular flexibility index (Phi) is 3.91. The summed E-state index contributed by atoms with van der Waals surface area (Å²) in [5.41, 5.74) is 0.0589. The number of hydrogen-bond acceptors (Lipinski definition) is 4. The van der Waals surface area contributed by atoms with Gasteiger partial charge >= 0.3 is 5.97 Å². The monoisotopic (exact) mass is 323 g/mol. The summed E-state index contributed by atoms with van der Waals surface area (Å²) in [5.74, 6) is -0.781. The fourth-order valence-corrected chi connectivity index (χ4v) is 2.94. The van der Waals surface area contributed by atoms with Crippen molar-refractivity contribution in [3.05, 3.63) is 65.7 Å². The van der Waals surface area contributed by atoms with Crippen LogP contribution in [0.5, 0.6) is 0 Å². The summed E-state index contributed by atoms with van der Waals surface area (Å²) in [5, 5.41) is 3.15. The second-order valence-electron chi connectivity index (χ2n) is 7.06. The van der Waals surface area contributed by atoms with Gasteiger partial charge in [0.15, 0.2) is 5.78 Å². The number of nitrogens with one attached hydrogen (secondary N) is 1. The van der Waals surface area contributed by atoms with E-state index < -0.39 is 17.1 Å². The van der Waals surface area contributed by atoms with Crippen LogP contribution in [0, 0.1) is 0 Å². The van der Waals surface area contributed by atoms with Gasteiger partial charge < -0.3 is 10.1 Å². The first-order valence-electron chi connectivity index (χ1n) is 8.01. The van der Waals surface area contributed by atoms with E-state index in [1.165, 1.54) is 0 Å². The highest BCUT2D eigenvalue weighted by Crippen LogP contribution is 2.35. The third-order valence-corrected chi connectivity index (χ3v) is 3.98. The maximum Gasteiger partial charge on any atom is 0.340 e. The average molecular weight is 323 g/mol. The lowest BCUT2D eigenvalue weighted by Gasteiger charge is -2.31. The predicted molar refractivity (Wildman–Crippen MR) is 93.1 cm³/mol. The van der Waals surface area contributed by atoms with Gasteiger partial charge in [0.25, 0.3) is 0 Å². The summed E-state index contributed by atoms with van der Waals surface area (Å²) >= 11 is 0. The van der Waals surface area contributed by atoms with Gasteiger partial charge in [-0.3, -0.25) is 4.79 Å². The van der Waals surface area contributed by atoms with E-state index in [-0.39, 0.29) is 12.2 Å². The van der Waals surface area contributed by atoms with E-state index in [9.17, 15) is 9.59 Å². The van der Waals surface area contributed by atoms with Crippen LogP contribution in [0.3, 0.4) is 0 Å². The van der Waals surface area contributed by atoms with Crippen LogP contribution in [0.1, 0.15) is 36.7 Å². The Labute approximate surface area is 141 Å². The summed E-state index contributed by atoms with van der Waals surface area (Å²) in [4.78, 5) is 26.0. The largest absolute Gasteiger partial charge is 0.458 e. The topological polar surface area (TPSA) is 55.4 Å². The van der Waals surface area contributed by atoms with Gasteiger partial charge in [-0.05, 0) is 38.5 Å². The van der Waals surface area contributed by atoms with Gasteiger partial charge in [-0.15, -0.1) is 0 Å². The van der Waals surface area contributed by atoms with E-state index in [2.05, 4.69) is 5.32 Å². The summed E-state index contributed by atoms with van der Waals surface area (Å²) in [7, 11) is 0. The Hall–Kier alpha value is -2.62. The molecule has 124 valence electrons. The molecule has 0 bridgehead atoms. The summed E-state index contributed by atoms with van der Waals surface area (Å²) < 4.78 is 5.58. The lowest BCUT2D eigenvalue weighted by molar-refractivity contribution is -0.158. The average Bonchev–Trinajstić information content (AvgIpc) is 2.81. The highest BCUT2D eigenvalue weighted by Gasteiger charge is 2.53. The number of hydrogen-bond donors (Lipinski definition) is 1. The first-order valence-corrected chi connectivity index (χ1v) is 8.01. The highest BCUT2D eigenvalue weighted by molar-refractivity contribution is 6.22. The van der Waals surface area contributed by atoms with Gasteiger partial charge in [0.2, 0.25) is 5.54 Å². The van der Waals surface area contributed by atoms with Crippen molar-refractivity contribution in [2.75, 3.05) is 5.32 Å². The van der Waals surface area contributed by atoms with Crippen molar-refractivity contribution in [2.45, 2.75) is 38.3 Å². The lowest BCUT2D eigenvalue weighted by Crippen LogP contribution is -2.54. The summed E-state index contributed by atoms with van der Waals surface area (Å²) in [6.07, 6.45) is 0.284. The van der Waals surface area contributed by atoms with E-state index in [4.69, 9.17) is 4.74 Å². The molecule has 0 saturated heterocycles. The van der Waals surface area contributed by atoms with Gasteiger partial charge in [-0.25, -0.2) is 4.79 Å². The van der Waals surface area contributed by atoms with Gasteiger partial charge in [0, 0.05) is 17.7 Å². The second kappa shape index (κ2) is 5.78. The fourth-order valence-electron chi connectivity index (χ4n) is 2.94. The number of carbonyl (C=O) groups excluding carboxylic acids is 2. The molecule has 4 nitrogen and oxygen atoms in total. The molecule has 1 atom stereocenters. The third-order valence-electron chi connectivity index (χ3n) is 3.98. The molecule has 1 N–H and O–H groups in total. The van der Waals surface area contributed by atoms with E-state index in [0.717, 1.165) is 5.56 Å². The fraction of sp³-hybridized carbons (Fsp3) is 0.300. The number of anilines is 1. The van der Waals surface area contributed by atoms with Crippen LogP contribution in [-0.4, -0.2) is 22.9 Å². The van der Waals surface area contributed by atoms with E-state index >= 15 is 0 Å². The zero-order valence-electron chi connectivity index (χ0n) is 14.1. The van der Waals surface area contributed by atoms with Crippen LogP contribution in [0.15, 0.2) is 54.6 Å². The van der Waals surface area contributed by atoms with E-state index in [1.54, 1.807) is 26.8 Å². The lowest BCUT2D eigenvalue weighted by atomic mass is 9.93. The van der Waals surface area contributed by atoms with Crippen molar-refractivity contribution < 1.29 is 14.3 Å². The minimum atomic E-state index is -1.42. The molecule has 0 heterocycles. The second-order valence-corrected chi connectivity index (χ2v) is 7.06. The van der Waals surface area contributed by atoms with Crippen LogP contribution >= 0.6 is 0 Å². The van der Waals surface area contributed by atoms with Gasteiger partial charge in [-0.2, -0.15) is 0 Å². The minimum absolute atomic E-state index is 0.240. The Morgan fingerprint density at radius 3 is 2.29 bits per heavy atom. The molecular weight excluding hydrogens is 302 g/mol. The number of para-hydroxylation sites is 1. The molecule has 0 saturated carbocycles. The van der Waals surface area contributed by atoms with Gasteiger partial charge in [0.05, 0.1) is 0 Å². The molecular formula is C20H21NO3. The van der Waals surface area contributed by atoms with Crippen LogP contribution in [-0.2, 0) is 16.0 Å². The minimum Gasteiger partial charge on any atom is -0.458 e. The van der Waals surface area contributed by atoms with Crippen LogP contribution < -0.4 is 5.32 Å². The molecule has 0 amide bonds. The quantitative estimate of drug-likeness (QED) is 0.692. The summed E-state index contributed by atoms with van der Waals surface area (Å²) in [6, 6.07) is 16.6. The molecule has 0 radical (unpaired) electrons. The molecule has 1 aliphatic carbocycles. The van der Waals surface area contributed by atoms with Crippen molar-refractivity contribution in [1.29, 1.82) is 0 Å². The zero-order valence-corrected chi connectivity index (χ0v) is 14.1. The van der Waals surface area contributed by atoms with Crippen molar-refractivity contribution >= 4 is 17.4 Å².